The van der Waals surface area contributed by atoms with Crippen molar-refractivity contribution >= 4 is 21.6 Å². The molecule has 30 heavy (non-hydrogen) atoms. The maximum Gasteiger partial charge on any atom is 0.279 e. The smallest absolute Gasteiger partial charge is 0.279 e. The van der Waals surface area contributed by atoms with Crippen molar-refractivity contribution < 1.29 is 18.1 Å². The van der Waals surface area contributed by atoms with Gasteiger partial charge in [-0.3, -0.25) is 4.79 Å². The van der Waals surface area contributed by atoms with Crippen LogP contribution in [0.2, 0.25) is 0 Å². The lowest BCUT2D eigenvalue weighted by Crippen LogP contribution is -3.08. The van der Waals surface area contributed by atoms with E-state index in [1.807, 2.05) is 7.05 Å². The van der Waals surface area contributed by atoms with Crippen molar-refractivity contribution in [1.29, 1.82) is 0 Å². The molecular weight excluding hydrogens is 398 g/mol. The number of sulfonamides is 1. The van der Waals surface area contributed by atoms with Gasteiger partial charge in [-0.15, -0.1) is 0 Å². The van der Waals surface area contributed by atoms with Gasteiger partial charge in [0, 0.05) is 24.3 Å². The molecule has 1 aliphatic rings. The molecular formula is C23H32N3O3S+. The monoisotopic (exact) mass is 430 g/mol. The number of nitrogens with one attached hydrogen (secondary N) is 2. The molecule has 2 aromatic rings. The van der Waals surface area contributed by atoms with E-state index < -0.39 is 10.0 Å². The van der Waals surface area contributed by atoms with Gasteiger partial charge in [-0.2, -0.15) is 4.31 Å². The summed E-state index contributed by atoms with van der Waals surface area (Å²) in [4.78, 5) is 13.8. The second kappa shape index (κ2) is 9.73. The van der Waals surface area contributed by atoms with E-state index in [1.165, 1.54) is 15.4 Å². The molecule has 7 heteroatoms. The zero-order chi connectivity index (χ0) is 21.7. The molecule has 1 unspecified atom stereocenters. The molecule has 0 saturated carbocycles. The first-order chi connectivity index (χ1) is 14.3. The third-order valence-electron chi connectivity index (χ3n) is 5.44. The molecule has 2 aromatic carbocycles. The van der Waals surface area contributed by atoms with Crippen LogP contribution in [0.1, 0.15) is 43.7 Å². The molecule has 162 valence electrons. The number of anilines is 1. The molecule has 1 aliphatic heterocycles. The Balaban J connectivity index is 1.58. The van der Waals surface area contributed by atoms with Crippen molar-refractivity contribution in [3.63, 3.8) is 0 Å². The first kappa shape index (κ1) is 22.5. The lowest BCUT2D eigenvalue weighted by molar-refractivity contribution is -0.885. The Labute approximate surface area is 179 Å². The van der Waals surface area contributed by atoms with Gasteiger partial charge in [0.2, 0.25) is 10.0 Å². The summed E-state index contributed by atoms with van der Waals surface area (Å²) < 4.78 is 27.0. The number of amides is 1. The van der Waals surface area contributed by atoms with Crippen molar-refractivity contribution in [3.8, 4) is 0 Å². The molecule has 0 spiro atoms. The highest BCUT2D eigenvalue weighted by Crippen LogP contribution is 2.23. The summed E-state index contributed by atoms with van der Waals surface area (Å²) in [6.45, 7) is 6.50. The molecule has 1 fully saturated rings. The maximum atomic E-state index is 12.7. The van der Waals surface area contributed by atoms with E-state index in [0.717, 1.165) is 24.3 Å². The minimum Gasteiger partial charge on any atom is -0.326 e. The van der Waals surface area contributed by atoms with E-state index in [9.17, 15) is 13.2 Å². The molecule has 1 amide bonds. The van der Waals surface area contributed by atoms with Crippen LogP contribution in [-0.2, 0) is 21.4 Å². The third kappa shape index (κ3) is 5.68. The largest absolute Gasteiger partial charge is 0.326 e. The highest BCUT2D eigenvalue weighted by Gasteiger charge is 2.27. The number of hydrogen-bond acceptors (Lipinski definition) is 3. The van der Waals surface area contributed by atoms with Crippen molar-refractivity contribution in [3.05, 3.63) is 59.7 Å². The van der Waals surface area contributed by atoms with Crippen LogP contribution in [0.15, 0.2) is 53.4 Å². The van der Waals surface area contributed by atoms with Crippen LogP contribution < -0.4 is 10.2 Å². The van der Waals surface area contributed by atoms with Crippen molar-refractivity contribution in [2.75, 3.05) is 32.0 Å². The van der Waals surface area contributed by atoms with E-state index in [-0.39, 0.29) is 10.8 Å². The average Bonchev–Trinajstić information content (AvgIpc) is 3.24. The summed E-state index contributed by atoms with van der Waals surface area (Å²) in [7, 11) is -1.52. The third-order valence-corrected chi connectivity index (χ3v) is 7.33. The van der Waals surface area contributed by atoms with Gasteiger partial charge in [0.05, 0.1) is 11.9 Å². The summed E-state index contributed by atoms with van der Waals surface area (Å²) in [5, 5.41) is 2.84. The predicted molar refractivity (Wildman–Crippen MR) is 119 cm³/mol. The van der Waals surface area contributed by atoms with Crippen LogP contribution in [0.3, 0.4) is 0 Å². The number of rotatable bonds is 8. The Morgan fingerprint density at radius 3 is 2.40 bits per heavy atom. The van der Waals surface area contributed by atoms with Crippen LogP contribution in [0.4, 0.5) is 5.69 Å². The van der Waals surface area contributed by atoms with Crippen LogP contribution in [0, 0.1) is 0 Å². The predicted octanol–water partition coefficient (Wildman–Crippen LogP) is 2.25. The minimum atomic E-state index is -3.49. The molecule has 0 aliphatic carbocycles. The van der Waals surface area contributed by atoms with Gasteiger partial charge >= 0.3 is 0 Å². The van der Waals surface area contributed by atoms with Crippen LogP contribution >= 0.6 is 0 Å². The van der Waals surface area contributed by atoms with Gasteiger partial charge in [0.15, 0.2) is 6.54 Å². The topological polar surface area (TPSA) is 70.9 Å². The molecule has 0 aromatic heterocycles. The summed E-state index contributed by atoms with van der Waals surface area (Å²) in [5.41, 5.74) is 3.00. The number of hydrogen-bond donors (Lipinski definition) is 2. The van der Waals surface area contributed by atoms with Crippen LogP contribution in [0.5, 0.6) is 0 Å². The highest BCUT2D eigenvalue weighted by molar-refractivity contribution is 7.89. The highest BCUT2D eigenvalue weighted by atomic mass is 32.2. The molecule has 0 radical (unpaired) electrons. The first-order valence-electron chi connectivity index (χ1n) is 10.6. The van der Waals surface area contributed by atoms with Gasteiger partial charge in [-0.05, 0) is 42.5 Å². The Morgan fingerprint density at radius 1 is 1.10 bits per heavy atom. The Kier molecular flexibility index (Phi) is 7.28. The molecule has 1 heterocycles. The van der Waals surface area contributed by atoms with Gasteiger partial charge in [0.1, 0.15) is 6.54 Å². The van der Waals surface area contributed by atoms with E-state index in [4.69, 9.17) is 0 Å². The van der Waals surface area contributed by atoms with Gasteiger partial charge in [-0.25, -0.2) is 8.42 Å². The van der Waals surface area contributed by atoms with E-state index >= 15 is 0 Å². The number of nitrogens with zero attached hydrogens (tertiary/aromatic N) is 1. The summed E-state index contributed by atoms with van der Waals surface area (Å²) >= 11 is 0. The molecule has 3 rings (SSSR count). The lowest BCUT2D eigenvalue weighted by atomic mass is 10.0. The van der Waals surface area contributed by atoms with Gasteiger partial charge in [-0.1, -0.05) is 44.2 Å². The molecule has 6 nitrogen and oxygen atoms in total. The van der Waals surface area contributed by atoms with Crippen molar-refractivity contribution in [2.24, 2.45) is 0 Å². The minimum absolute atomic E-state index is 0.137. The maximum absolute atomic E-state index is 12.7. The Hall–Kier alpha value is -2.22. The SMILES string of the molecule is CC(C)c1ccc(C[NH+](C)CC(=O)Nc2cccc(S(=O)(=O)N3CCCC3)c2)cc1. The number of carbonyl (C=O) groups excluding carboxylic acids is 1. The Morgan fingerprint density at radius 2 is 1.77 bits per heavy atom. The summed E-state index contributed by atoms with van der Waals surface area (Å²) in [5.74, 6) is 0.363. The van der Waals surface area contributed by atoms with Gasteiger partial charge < -0.3 is 10.2 Å². The average molecular weight is 431 g/mol. The number of carbonyl (C=O) groups is 1. The van der Waals surface area contributed by atoms with Crippen LogP contribution in [0.25, 0.3) is 0 Å². The fraction of sp³-hybridized carbons (Fsp3) is 0.435. The van der Waals surface area contributed by atoms with E-state index in [2.05, 4.69) is 43.4 Å². The second-order valence-corrected chi connectivity index (χ2v) is 10.3. The molecule has 1 atom stereocenters. The normalized spacial score (nSPS) is 16.0. The molecule has 1 saturated heterocycles. The summed E-state index contributed by atoms with van der Waals surface area (Å²) in [6, 6.07) is 15.0. The number of likely N-dealkylation sites (N-methyl/N-ethyl adjacent to an activating group) is 1. The van der Waals surface area contributed by atoms with E-state index in [1.54, 1.807) is 24.3 Å². The number of quaternary nitrogens is 1. The quantitative estimate of drug-likeness (QED) is 0.675. The summed E-state index contributed by atoms with van der Waals surface area (Å²) in [6.07, 6.45) is 1.79. The number of benzene rings is 2. The lowest BCUT2D eigenvalue weighted by Gasteiger charge is -2.17. The molecule has 0 bridgehead atoms. The van der Waals surface area contributed by atoms with Crippen molar-refractivity contribution in [2.45, 2.75) is 44.0 Å². The molecule has 2 N–H and O–H groups in total. The zero-order valence-corrected chi connectivity index (χ0v) is 18.8. The van der Waals surface area contributed by atoms with Gasteiger partial charge in [0.25, 0.3) is 5.91 Å². The first-order valence-corrected chi connectivity index (χ1v) is 12.0. The Bertz CT molecular complexity index is 965. The fourth-order valence-corrected chi connectivity index (χ4v) is 5.29. The van der Waals surface area contributed by atoms with E-state index in [0.29, 0.717) is 31.2 Å². The second-order valence-electron chi connectivity index (χ2n) is 8.39. The standard InChI is InChI=1S/C23H31N3O3S/c1-18(2)20-11-9-19(10-12-20)16-25(3)17-23(27)24-21-7-6-8-22(15-21)30(28,29)26-13-4-5-14-26/h6-12,15,18H,4-5,13-14,16-17H2,1-3H3,(H,24,27)/p+1. The van der Waals surface area contributed by atoms with Crippen LogP contribution in [-0.4, -0.2) is 45.3 Å². The fourth-order valence-electron chi connectivity index (χ4n) is 3.72. The van der Waals surface area contributed by atoms with Crippen molar-refractivity contribution in [1.82, 2.24) is 4.31 Å². The zero-order valence-electron chi connectivity index (χ0n) is 18.0.